The van der Waals surface area contributed by atoms with Crippen molar-refractivity contribution in [1.29, 1.82) is 0 Å². The van der Waals surface area contributed by atoms with Crippen molar-refractivity contribution in [3.05, 3.63) is 72.9 Å². The van der Waals surface area contributed by atoms with Crippen molar-refractivity contribution in [3.8, 4) is 0 Å². The average molecular weight is 652 g/mol. The van der Waals surface area contributed by atoms with Crippen LogP contribution in [0.1, 0.15) is 162 Å². The maximum atomic E-state index is 6.37. The number of rotatable bonds is 34. The van der Waals surface area contributed by atoms with Gasteiger partial charge in [-0.15, -0.1) is 0 Å². The molecule has 270 valence electrons. The van der Waals surface area contributed by atoms with Crippen LogP contribution in [0.3, 0.4) is 0 Å². The molecule has 0 amide bonds. The molecule has 0 aromatic rings. The summed E-state index contributed by atoms with van der Waals surface area (Å²) in [5, 5.41) is 0. The van der Waals surface area contributed by atoms with E-state index in [9.17, 15) is 0 Å². The van der Waals surface area contributed by atoms with Crippen molar-refractivity contribution >= 4 is 0 Å². The lowest BCUT2D eigenvalue weighted by Crippen LogP contribution is -2.28. The number of likely N-dealkylation sites (tertiary alicyclic amines) is 1. The van der Waals surface area contributed by atoms with Crippen molar-refractivity contribution in [2.75, 3.05) is 39.5 Å². The standard InChI is InChI=1S/C44H77NO2/c1-3-5-7-9-11-13-15-17-19-21-23-25-27-29-31-35-41-46-43-44(37-40-45-38-33-34-39-45)47-42-36-32-30-28-26-24-22-20-18-16-14-12-10-8-6-4-2/h5-8,11-14,17-20,44H,3-4,9-10,15-16,21-43H2,1-2H3/b7-5-,8-6-,13-11-,14-12-,19-17-,20-18-. The summed E-state index contributed by atoms with van der Waals surface area (Å²) < 4.78 is 12.5. The second-order valence-corrected chi connectivity index (χ2v) is 13.3. The van der Waals surface area contributed by atoms with Gasteiger partial charge in [-0.1, -0.05) is 138 Å². The molecule has 1 unspecified atom stereocenters. The van der Waals surface area contributed by atoms with E-state index in [0.717, 1.165) is 71.3 Å². The Morgan fingerprint density at radius 3 is 1.43 bits per heavy atom. The lowest BCUT2D eigenvalue weighted by molar-refractivity contribution is -0.0255. The van der Waals surface area contributed by atoms with Gasteiger partial charge in [-0.25, -0.2) is 0 Å². The van der Waals surface area contributed by atoms with Gasteiger partial charge in [0, 0.05) is 19.8 Å². The van der Waals surface area contributed by atoms with E-state index < -0.39 is 0 Å². The van der Waals surface area contributed by atoms with Crippen molar-refractivity contribution in [2.45, 2.75) is 168 Å². The normalized spacial score (nSPS) is 15.4. The van der Waals surface area contributed by atoms with E-state index in [-0.39, 0.29) is 6.10 Å². The quantitative estimate of drug-likeness (QED) is 0.0510. The fraction of sp³-hybridized carbons (Fsp3) is 0.727. The molecule has 1 aliphatic rings. The molecule has 47 heavy (non-hydrogen) atoms. The summed E-state index contributed by atoms with van der Waals surface area (Å²) in [6.07, 6.45) is 56.1. The zero-order chi connectivity index (χ0) is 33.6. The predicted octanol–water partition coefficient (Wildman–Crippen LogP) is 13.1. The number of hydrogen-bond acceptors (Lipinski definition) is 3. The Kier molecular flexibility index (Phi) is 34.3. The fourth-order valence-corrected chi connectivity index (χ4v) is 5.91. The monoisotopic (exact) mass is 652 g/mol. The van der Waals surface area contributed by atoms with Crippen LogP contribution in [0.2, 0.25) is 0 Å². The van der Waals surface area contributed by atoms with Crippen LogP contribution in [0, 0.1) is 0 Å². The van der Waals surface area contributed by atoms with Crippen LogP contribution in [0.5, 0.6) is 0 Å². The Bertz CT molecular complexity index is 802. The Labute approximate surface area is 293 Å². The minimum atomic E-state index is 0.256. The van der Waals surface area contributed by atoms with Crippen LogP contribution < -0.4 is 0 Å². The predicted molar refractivity (Wildman–Crippen MR) is 209 cm³/mol. The molecule has 3 nitrogen and oxygen atoms in total. The first-order valence-corrected chi connectivity index (χ1v) is 20.2. The highest BCUT2D eigenvalue weighted by Gasteiger charge is 2.15. The molecule has 1 aliphatic heterocycles. The largest absolute Gasteiger partial charge is 0.379 e. The first-order valence-electron chi connectivity index (χ1n) is 20.2. The summed E-state index contributed by atoms with van der Waals surface area (Å²) in [6, 6.07) is 0. The minimum Gasteiger partial charge on any atom is -0.379 e. The fourth-order valence-electron chi connectivity index (χ4n) is 5.91. The Morgan fingerprint density at radius 2 is 0.915 bits per heavy atom. The van der Waals surface area contributed by atoms with E-state index in [2.05, 4.69) is 91.7 Å². The third-order valence-corrected chi connectivity index (χ3v) is 8.86. The zero-order valence-electron chi connectivity index (χ0n) is 31.3. The zero-order valence-corrected chi connectivity index (χ0v) is 31.3. The molecule has 0 aromatic heterocycles. The molecule has 3 heteroatoms. The smallest absolute Gasteiger partial charge is 0.0820 e. The topological polar surface area (TPSA) is 21.7 Å². The van der Waals surface area contributed by atoms with Gasteiger partial charge in [-0.2, -0.15) is 0 Å². The number of ether oxygens (including phenoxy) is 2. The number of allylic oxidation sites excluding steroid dienone is 12. The van der Waals surface area contributed by atoms with Crippen LogP contribution in [0.15, 0.2) is 72.9 Å². The minimum absolute atomic E-state index is 0.256. The van der Waals surface area contributed by atoms with Crippen LogP contribution in [-0.2, 0) is 9.47 Å². The van der Waals surface area contributed by atoms with Gasteiger partial charge in [-0.05, 0) is 109 Å². The van der Waals surface area contributed by atoms with E-state index in [4.69, 9.17) is 9.47 Å². The van der Waals surface area contributed by atoms with Crippen LogP contribution >= 0.6 is 0 Å². The Morgan fingerprint density at radius 1 is 0.489 bits per heavy atom. The van der Waals surface area contributed by atoms with Gasteiger partial charge in [-0.3, -0.25) is 0 Å². The first-order chi connectivity index (χ1) is 23.4. The van der Waals surface area contributed by atoms with Gasteiger partial charge in [0.25, 0.3) is 0 Å². The molecule has 0 spiro atoms. The van der Waals surface area contributed by atoms with Gasteiger partial charge >= 0.3 is 0 Å². The second-order valence-electron chi connectivity index (χ2n) is 13.3. The van der Waals surface area contributed by atoms with E-state index in [1.54, 1.807) is 0 Å². The molecular formula is C44H77NO2. The van der Waals surface area contributed by atoms with Crippen molar-refractivity contribution in [1.82, 2.24) is 4.90 Å². The third kappa shape index (κ3) is 32.6. The molecule has 1 rings (SSSR count). The Balaban J connectivity index is 2.01. The van der Waals surface area contributed by atoms with E-state index >= 15 is 0 Å². The number of hydrogen-bond donors (Lipinski definition) is 0. The summed E-state index contributed by atoms with van der Waals surface area (Å²) in [6.45, 7) is 10.6. The van der Waals surface area contributed by atoms with Gasteiger partial charge in [0.05, 0.1) is 12.7 Å². The highest BCUT2D eigenvalue weighted by molar-refractivity contribution is 4.98. The molecule has 0 aliphatic carbocycles. The molecule has 0 bridgehead atoms. The van der Waals surface area contributed by atoms with Gasteiger partial charge < -0.3 is 14.4 Å². The van der Waals surface area contributed by atoms with Crippen LogP contribution in [-0.4, -0.2) is 50.5 Å². The van der Waals surface area contributed by atoms with Crippen molar-refractivity contribution < 1.29 is 9.47 Å². The highest BCUT2D eigenvalue weighted by Crippen LogP contribution is 2.13. The molecule has 1 fully saturated rings. The summed E-state index contributed by atoms with van der Waals surface area (Å²) in [5.41, 5.74) is 0. The van der Waals surface area contributed by atoms with Crippen molar-refractivity contribution in [2.24, 2.45) is 0 Å². The van der Waals surface area contributed by atoms with Gasteiger partial charge in [0.15, 0.2) is 0 Å². The summed E-state index contributed by atoms with van der Waals surface area (Å²) in [7, 11) is 0. The number of nitrogens with zero attached hydrogens (tertiary/aromatic N) is 1. The van der Waals surface area contributed by atoms with Crippen LogP contribution in [0.25, 0.3) is 0 Å². The maximum Gasteiger partial charge on any atom is 0.0820 e. The molecule has 1 heterocycles. The lowest BCUT2D eigenvalue weighted by Gasteiger charge is -2.22. The maximum absolute atomic E-state index is 6.37. The third-order valence-electron chi connectivity index (χ3n) is 8.86. The summed E-state index contributed by atoms with van der Waals surface area (Å²) in [5.74, 6) is 0. The molecule has 0 radical (unpaired) electrons. The molecule has 1 atom stereocenters. The van der Waals surface area contributed by atoms with E-state index in [0.29, 0.717) is 0 Å². The molecule has 0 saturated carbocycles. The molecular weight excluding hydrogens is 574 g/mol. The van der Waals surface area contributed by atoms with E-state index in [1.807, 2.05) is 0 Å². The summed E-state index contributed by atoms with van der Waals surface area (Å²) in [4.78, 5) is 2.61. The van der Waals surface area contributed by atoms with Gasteiger partial charge in [0.2, 0.25) is 0 Å². The Hall–Kier alpha value is -1.68. The molecule has 0 aromatic carbocycles. The SMILES string of the molecule is CC/C=C\C/C=C\C/C=C\CCCCCCCCOCC(CCN1CCCC1)OCCCCCCCC/C=C\C/C=C\C/C=C\CC. The van der Waals surface area contributed by atoms with E-state index in [1.165, 1.54) is 116 Å². The highest BCUT2D eigenvalue weighted by atomic mass is 16.5. The molecule has 1 saturated heterocycles. The number of unbranched alkanes of at least 4 members (excludes halogenated alkanes) is 12. The lowest BCUT2D eigenvalue weighted by atomic mass is 10.1. The van der Waals surface area contributed by atoms with Gasteiger partial charge in [0.1, 0.15) is 0 Å². The van der Waals surface area contributed by atoms with Crippen molar-refractivity contribution in [3.63, 3.8) is 0 Å². The summed E-state index contributed by atoms with van der Waals surface area (Å²) >= 11 is 0. The van der Waals surface area contributed by atoms with Crippen LogP contribution in [0.4, 0.5) is 0 Å². The first kappa shape index (κ1) is 43.3. The molecule has 0 N–H and O–H groups in total. The second kappa shape index (κ2) is 37.1. The average Bonchev–Trinajstić information content (AvgIpc) is 3.61.